The molecule has 1 aromatic heterocycles. The van der Waals surface area contributed by atoms with Crippen molar-refractivity contribution in [3.8, 4) is 0 Å². The monoisotopic (exact) mass is 540 g/mol. The van der Waals surface area contributed by atoms with Crippen LogP contribution in [0.25, 0.3) is 10.9 Å². The van der Waals surface area contributed by atoms with Gasteiger partial charge in [0, 0.05) is 43.3 Å². The highest BCUT2D eigenvalue weighted by atomic mass is 32.2. The first-order valence-corrected chi connectivity index (χ1v) is 14.2. The van der Waals surface area contributed by atoms with Crippen molar-refractivity contribution in [2.75, 3.05) is 30.9 Å². The molecule has 9 nitrogen and oxygen atoms in total. The summed E-state index contributed by atoms with van der Waals surface area (Å²) in [5, 5.41) is 0.638. The number of pyridine rings is 1. The van der Waals surface area contributed by atoms with Gasteiger partial charge in [-0.05, 0) is 56.0 Å². The molecular weight excluding hydrogens is 511 g/mol. The lowest BCUT2D eigenvalue weighted by molar-refractivity contribution is 0.0306. The maximum atomic E-state index is 14.9. The molecule has 2 fully saturated rings. The van der Waals surface area contributed by atoms with Crippen LogP contribution in [-0.4, -0.2) is 67.5 Å². The second kappa shape index (κ2) is 10.9. The number of nitrogens with one attached hydrogen (secondary N) is 1. The lowest BCUT2D eigenvalue weighted by Crippen LogP contribution is -2.51. The van der Waals surface area contributed by atoms with E-state index in [4.69, 9.17) is 4.74 Å². The summed E-state index contributed by atoms with van der Waals surface area (Å²) in [4.78, 5) is 32.7. The minimum atomic E-state index is -4.14. The first-order chi connectivity index (χ1) is 18.3. The summed E-state index contributed by atoms with van der Waals surface area (Å²) in [7, 11) is -4.14. The van der Waals surface area contributed by atoms with Gasteiger partial charge in [0.25, 0.3) is 15.9 Å². The zero-order valence-corrected chi connectivity index (χ0v) is 21.6. The van der Waals surface area contributed by atoms with Gasteiger partial charge in [-0.25, -0.2) is 17.6 Å². The number of anilines is 1. The number of nitrogens with zero attached hydrogens (tertiary/aromatic N) is 3. The number of carbonyl (C=O) groups excluding carboxylic acids is 2. The van der Waals surface area contributed by atoms with E-state index in [0.29, 0.717) is 31.6 Å². The van der Waals surface area contributed by atoms with E-state index >= 15 is 0 Å². The number of piperazine rings is 1. The van der Waals surface area contributed by atoms with Gasteiger partial charge < -0.3 is 14.5 Å². The molecule has 1 N–H and O–H groups in total. The number of benzene rings is 2. The first kappa shape index (κ1) is 25.9. The second-order valence-corrected chi connectivity index (χ2v) is 11.2. The minimum absolute atomic E-state index is 0.0355. The number of sulfonamides is 1. The Morgan fingerprint density at radius 3 is 2.39 bits per heavy atom. The van der Waals surface area contributed by atoms with E-state index in [1.807, 2.05) is 0 Å². The molecule has 11 heteroatoms. The number of carbonyl (C=O) groups is 2. The number of hydrogen-bond donors (Lipinski definition) is 1. The van der Waals surface area contributed by atoms with E-state index in [1.165, 1.54) is 30.8 Å². The smallest absolute Gasteiger partial charge is 0.410 e. The Labute approximate surface area is 220 Å². The summed E-state index contributed by atoms with van der Waals surface area (Å²) in [6.45, 7) is 1.25. The van der Waals surface area contributed by atoms with Crippen LogP contribution in [0.3, 0.4) is 0 Å². The van der Waals surface area contributed by atoms with Crippen molar-refractivity contribution in [2.45, 2.75) is 43.1 Å². The maximum absolute atomic E-state index is 14.9. The molecule has 0 radical (unpaired) electrons. The fourth-order valence-electron chi connectivity index (χ4n) is 4.90. The van der Waals surface area contributed by atoms with Crippen molar-refractivity contribution >= 4 is 38.6 Å². The quantitative estimate of drug-likeness (QED) is 0.514. The summed E-state index contributed by atoms with van der Waals surface area (Å²) < 4.78 is 48.8. The standard InChI is InChI=1S/C27H29FN4O5S/c28-22-18-20(26(33)31-14-16-32(17-15-31)27(34)37-21-8-2-1-3-9-21)11-12-23(22)30-38(35,36)24-10-4-6-19-7-5-13-29-25(19)24/h4-7,10-13,18,21,30H,1-3,8-9,14-17H2. The van der Waals surface area contributed by atoms with Crippen LogP contribution in [0.15, 0.2) is 59.6 Å². The zero-order valence-electron chi connectivity index (χ0n) is 20.8. The van der Waals surface area contributed by atoms with Crippen LogP contribution in [0, 0.1) is 5.82 Å². The number of ether oxygens (including phenoxy) is 1. The number of fused-ring (bicyclic) bond motifs is 1. The highest BCUT2D eigenvalue weighted by Gasteiger charge is 2.28. The molecule has 0 bridgehead atoms. The Morgan fingerprint density at radius 1 is 0.947 bits per heavy atom. The normalized spacial score (nSPS) is 16.9. The summed E-state index contributed by atoms with van der Waals surface area (Å²) in [6.07, 6.45) is 6.18. The Balaban J connectivity index is 1.22. The summed E-state index contributed by atoms with van der Waals surface area (Å²) >= 11 is 0. The average Bonchev–Trinajstić information content (AvgIpc) is 2.94. The molecule has 200 valence electrons. The molecule has 38 heavy (non-hydrogen) atoms. The Hall–Kier alpha value is -3.73. The molecule has 2 aromatic carbocycles. The third kappa shape index (κ3) is 5.57. The maximum Gasteiger partial charge on any atom is 0.410 e. The van der Waals surface area contributed by atoms with Gasteiger partial charge in [-0.15, -0.1) is 0 Å². The van der Waals surface area contributed by atoms with Crippen LogP contribution in [0.4, 0.5) is 14.9 Å². The minimum Gasteiger partial charge on any atom is -0.446 e. The third-order valence-electron chi connectivity index (χ3n) is 6.99. The molecular formula is C27H29FN4O5S. The fraction of sp³-hybridized carbons (Fsp3) is 0.370. The molecule has 1 aliphatic heterocycles. The zero-order chi connectivity index (χ0) is 26.7. The van der Waals surface area contributed by atoms with E-state index in [-0.39, 0.29) is 33.9 Å². The highest BCUT2D eigenvalue weighted by molar-refractivity contribution is 7.93. The number of para-hydroxylation sites is 1. The van der Waals surface area contributed by atoms with Crippen LogP contribution in [0.1, 0.15) is 42.5 Å². The van der Waals surface area contributed by atoms with Crippen molar-refractivity contribution in [2.24, 2.45) is 0 Å². The van der Waals surface area contributed by atoms with Gasteiger partial charge in [0.05, 0.1) is 11.2 Å². The van der Waals surface area contributed by atoms with Crippen molar-refractivity contribution in [1.29, 1.82) is 0 Å². The summed E-state index contributed by atoms with van der Waals surface area (Å²) in [5.74, 6) is -1.26. The van der Waals surface area contributed by atoms with Gasteiger partial charge in [-0.1, -0.05) is 24.6 Å². The van der Waals surface area contributed by atoms with E-state index in [0.717, 1.165) is 31.7 Å². The number of halogens is 1. The molecule has 5 rings (SSSR count). The third-order valence-corrected chi connectivity index (χ3v) is 8.39. The van der Waals surface area contributed by atoms with Crippen molar-refractivity contribution < 1.29 is 27.1 Å². The van der Waals surface area contributed by atoms with Gasteiger partial charge in [-0.2, -0.15) is 0 Å². The van der Waals surface area contributed by atoms with E-state index < -0.39 is 21.7 Å². The van der Waals surface area contributed by atoms with Gasteiger partial charge in [0.15, 0.2) is 0 Å². The predicted octanol–water partition coefficient (Wildman–Crippen LogP) is 4.40. The van der Waals surface area contributed by atoms with Crippen LogP contribution in [-0.2, 0) is 14.8 Å². The van der Waals surface area contributed by atoms with E-state index in [9.17, 15) is 22.4 Å². The van der Waals surface area contributed by atoms with Gasteiger partial charge in [0.2, 0.25) is 0 Å². The topological polar surface area (TPSA) is 109 Å². The van der Waals surface area contributed by atoms with E-state index in [2.05, 4.69) is 9.71 Å². The summed E-state index contributed by atoms with van der Waals surface area (Å²) in [6, 6.07) is 11.8. The highest BCUT2D eigenvalue weighted by Crippen LogP contribution is 2.26. The number of aromatic nitrogens is 1. The van der Waals surface area contributed by atoms with Crippen molar-refractivity contribution in [3.05, 3.63) is 66.1 Å². The van der Waals surface area contributed by atoms with Crippen LogP contribution < -0.4 is 4.72 Å². The molecule has 2 amide bonds. The van der Waals surface area contributed by atoms with Gasteiger partial charge in [0.1, 0.15) is 16.8 Å². The van der Waals surface area contributed by atoms with Crippen LogP contribution in [0.5, 0.6) is 0 Å². The second-order valence-electron chi connectivity index (χ2n) is 9.55. The lowest BCUT2D eigenvalue weighted by Gasteiger charge is -2.35. The van der Waals surface area contributed by atoms with E-state index in [1.54, 1.807) is 34.1 Å². The predicted molar refractivity (Wildman–Crippen MR) is 140 cm³/mol. The van der Waals surface area contributed by atoms with Crippen LogP contribution in [0.2, 0.25) is 0 Å². The SMILES string of the molecule is O=C(OC1CCCCC1)N1CCN(C(=O)c2ccc(NS(=O)(=O)c3cccc4cccnc34)c(F)c2)CC1. The number of rotatable bonds is 5. The molecule has 1 aliphatic carbocycles. The molecule has 2 aliphatic rings. The Bertz CT molecular complexity index is 1450. The number of hydrogen-bond acceptors (Lipinski definition) is 6. The molecule has 0 atom stereocenters. The lowest BCUT2D eigenvalue weighted by atomic mass is 9.98. The first-order valence-electron chi connectivity index (χ1n) is 12.7. The number of amides is 2. The Kier molecular flexibility index (Phi) is 7.46. The molecule has 0 spiro atoms. The van der Waals surface area contributed by atoms with Crippen molar-refractivity contribution in [1.82, 2.24) is 14.8 Å². The Morgan fingerprint density at radius 2 is 1.66 bits per heavy atom. The molecule has 2 heterocycles. The largest absolute Gasteiger partial charge is 0.446 e. The molecule has 0 unspecified atom stereocenters. The van der Waals surface area contributed by atoms with Crippen molar-refractivity contribution in [3.63, 3.8) is 0 Å². The summed E-state index contributed by atoms with van der Waals surface area (Å²) in [5.41, 5.74) is 0.0942. The van der Waals surface area contributed by atoms with Crippen LogP contribution >= 0.6 is 0 Å². The molecule has 3 aromatic rings. The van der Waals surface area contributed by atoms with Gasteiger partial charge in [-0.3, -0.25) is 14.5 Å². The fourth-order valence-corrected chi connectivity index (χ4v) is 6.15. The molecule has 1 saturated heterocycles. The van der Waals surface area contributed by atoms with Gasteiger partial charge >= 0.3 is 6.09 Å². The average molecular weight is 541 g/mol. The molecule has 1 saturated carbocycles.